The van der Waals surface area contributed by atoms with E-state index in [1.54, 1.807) is 6.20 Å². The Labute approximate surface area is 149 Å². The van der Waals surface area contributed by atoms with Gasteiger partial charge < -0.3 is 10.6 Å². The molecular formula is C17H23Cl2N3O. The van der Waals surface area contributed by atoms with Gasteiger partial charge in [-0.05, 0) is 36.9 Å². The number of aromatic nitrogens is 1. The highest BCUT2D eigenvalue weighted by Gasteiger charge is 2.27. The number of piperidine rings is 1. The van der Waals surface area contributed by atoms with E-state index in [1.165, 1.54) is 6.42 Å². The number of fused-ring (bicyclic) bond motifs is 1. The van der Waals surface area contributed by atoms with Crippen molar-refractivity contribution in [3.8, 4) is 0 Å². The van der Waals surface area contributed by atoms with Crippen LogP contribution >= 0.6 is 24.8 Å². The molecule has 3 rings (SSSR count). The molecule has 6 heteroatoms. The predicted molar refractivity (Wildman–Crippen MR) is 98.8 cm³/mol. The molecule has 0 radical (unpaired) electrons. The number of hydrogen-bond donors (Lipinski definition) is 2. The van der Waals surface area contributed by atoms with E-state index in [2.05, 4.69) is 22.5 Å². The fourth-order valence-electron chi connectivity index (χ4n) is 2.95. The number of hydrogen-bond acceptors (Lipinski definition) is 3. The molecule has 2 aromatic rings. The van der Waals surface area contributed by atoms with Crippen LogP contribution in [0.1, 0.15) is 30.1 Å². The molecule has 0 spiro atoms. The summed E-state index contributed by atoms with van der Waals surface area (Å²) in [4.78, 5) is 16.8. The number of carbonyl (C=O) groups is 1. The second kappa shape index (κ2) is 8.48. The molecule has 1 aliphatic heterocycles. The molecule has 23 heavy (non-hydrogen) atoms. The molecule has 1 saturated heterocycles. The van der Waals surface area contributed by atoms with E-state index in [-0.39, 0.29) is 36.1 Å². The number of nitrogens with one attached hydrogen (secondary N) is 2. The normalized spacial score (nSPS) is 20.2. The second-order valence-electron chi connectivity index (χ2n) is 6.15. The average molecular weight is 356 g/mol. The molecular weight excluding hydrogens is 333 g/mol. The van der Waals surface area contributed by atoms with E-state index in [0.29, 0.717) is 12.1 Å². The minimum atomic E-state index is -0.0360. The van der Waals surface area contributed by atoms with E-state index in [4.69, 9.17) is 0 Å². The van der Waals surface area contributed by atoms with Gasteiger partial charge in [-0.25, -0.2) is 0 Å². The molecule has 2 N–H and O–H groups in total. The van der Waals surface area contributed by atoms with Gasteiger partial charge in [0.15, 0.2) is 0 Å². The molecule has 1 atom stereocenters. The van der Waals surface area contributed by atoms with Gasteiger partial charge in [-0.2, -0.15) is 0 Å². The van der Waals surface area contributed by atoms with Gasteiger partial charge in [0.2, 0.25) is 0 Å². The van der Waals surface area contributed by atoms with Gasteiger partial charge in [0, 0.05) is 24.7 Å². The molecule has 1 unspecified atom stereocenters. The Morgan fingerprint density at radius 3 is 2.83 bits per heavy atom. The van der Waals surface area contributed by atoms with Crippen LogP contribution in [0.5, 0.6) is 0 Å². The second-order valence-corrected chi connectivity index (χ2v) is 6.15. The number of nitrogens with zero attached hydrogens (tertiary/aromatic N) is 1. The molecule has 1 aliphatic rings. The van der Waals surface area contributed by atoms with E-state index in [1.807, 2.05) is 30.3 Å². The third-order valence-corrected chi connectivity index (χ3v) is 4.24. The van der Waals surface area contributed by atoms with Crippen LogP contribution in [0.15, 0.2) is 36.5 Å². The zero-order chi connectivity index (χ0) is 14.7. The maximum Gasteiger partial charge on any atom is 0.253 e. The monoisotopic (exact) mass is 355 g/mol. The summed E-state index contributed by atoms with van der Waals surface area (Å²) in [5.41, 5.74) is 1.57. The Morgan fingerprint density at radius 2 is 2.09 bits per heavy atom. The summed E-state index contributed by atoms with van der Waals surface area (Å²) >= 11 is 0. The Balaban J connectivity index is 0.00000132. The highest BCUT2D eigenvalue weighted by molar-refractivity contribution is 6.05. The fraction of sp³-hybridized carbons (Fsp3) is 0.412. The van der Waals surface area contributed by atoms with Crippen molar-refractivity contribution in [1.82, 2.24) is 15.6 Å². The zero-order valence-electron chi connectivity index (χ0n) is 13.2. The van der Waals surface area contributed by atoms with Crippen molar-refractivity contribution in [1.29, 1.82) is 0 Å². The molecule has 0 bridgehead atoms. The first-order valence-electron chi connectivity index (χ1n) is 7.51. The number of pyridine rings is 1. The maximum atomic E-state index is 12.5. The predicted octanol–water partition coefficient (Wildman–Crippen LogP) is 3.20. The van der Waals surface area contributed by atoms with Crippen LogP contribution in [-0.2, 0) is 0 Å². The van der Waals surface area contributed by atoms with Crippen molar-refractivity contribution in [2.75, 3.05) is 19.6 Å². The third-order valence-electron chi connectivity index (χ3n) is 4.24. The summed E-state index contributed by atoms with van der Waals surface area (Å²) < 4.78 is 0. The highest BCUT2D eigenvalue weighted by Crippen LogP contribution is 2.24. The SMILES string of the molecule is CC1(CNC(=O)c2cccc3cccnc23)CCCNC1.Cl.Cl. The zero-order valence-corrected chi connectivity index (χ0v) is 14.8. The van der Waals surface area contributed by atoms with Crippen LogP contribution in [0.4, 0.5) is 0 Å². The topological polar surface area (TPSA) is 54.0 Å². The lowest BCUT2D eigenvalue weighted by Crippen LogP contribution is -2.45. The Hall–Kier alpha value is -1.36. The minimum Gasteiger partial charge on any atom is -0.351 e. The lowest BCUT2D eigenvalue weighted by atomic mass is 9.83. The Bertz CT molecular complexity index is 652. The lowest BCUT2D eigenvalue weighted by Gasteiger charge is -2.34. The van der Waals surface area contributed by atoms with Crippen molar-refractivity contribution in [2.45, 2.75) is 19.8 Å². The quantitative estimate of drug-likeness (QED) is 0.888. The molecule has 0 aliphatic carbocycles. The highest BCUT2D eigenvalue weighted by atomic mass is 35.5. The number of carbonyl (C=O) groups excluding carboxylic acids is 1. The van der Waals surface area contributed by atoms with Crippen molar-refractivity contribution in [3.63, 3.8) is 0 Å². The first kappa shape index (κ1) is 19.7. The first-order chi connectivity index (χ1) is 10.2. The molecule has 1 fully saturated rings. The number of halogens is 2. The Morgan fingerprint density at radius 1 is 1.30 bits per heavy atom. The largest absolute Gasteiger partial charge is 0.351 e. The van der Waals surface area contributed by atoms with Gasteiger partial charge in [-0.3, -0.25) is 9.78 Å². The summed E-state index contributed by atoms with van der Waals surface area (Å²) in [6, 6.07) is 9.59. The summed E-state index contributed by atoms with van der Waals surface area (Å²) in [6.07, 6.45) is 4.04. The van der Waals surface area contributed by atoms with Crippen LogP contribution in [0, 0.1) is 5.41 Å². The van der Waals surface area contributed by atoms with Gasteiger partial charge >= 0.3 is 0 Å². The number of rotatable bonds is 3. The van der Waals surface area contributed by atoms with Crippen molar-refractivity contribution >= 4 is 41.6 Å². The molecule has 0 saturated carbocycles. The van der Waals surface area contributed by atoms with Crippen LogP contribution in [0.25, 0.3) is 10.9 Å². The van der Waals surface area contributed by atoms with Crippen molar-refractivity contribution in [2.24, 2.45) is 5.41 Å². The molecule has 1 amide bonds. The molecule has 2 heterocycles. The summed E-state index contributed by atoms with van der Waals surface area (Å²) in [5.74, 6) is -0.0360. The smallest absolute Gasteiger partial charge is 0.253 e. The summed E-state index contributed by atoms with van der Waals surface area (Å²) in [5, 5.41) is 7.48. The van der Waals surface area contributed by atoms with E-state index in [9.17, 15) is 4.79 Å². The lowest BCUT2D eigenvalue weighted by molar-refractivity contribution is 0.0926. The van der Waals surface area contributed by atoms with Gasteiger partial charge in [0.1, 0.15) is 0 Å². The third kappa shape index (κ3) is 4.56. The van der Waals surface area contributed by atoms with Crippen molar-refractivity contribution in [3.05, 3.63) is 42.1 Å². The van der Waals surface area contributed by atoms with Crippen LogP contribution < -0.4 is 10.6 Å². The summed E-state index contributed by atoms with van der Waals surface area (Å²) in [6.45, 7) is 4.96. The van der Waals surface area contributed by atoms with Gasteiger partial charge in [0.25, 0.3) is 5.91 Å². The minimum absolute atomic E-state index is 0. The van der Waals surface area contributed by atoms with E-state index >= 15 is 0 Å². The molecule has 126 valence electrons. The average Bonchev–Trinajstić information content (AvgIpc) is 2.53. The molecule has 4 nitrogen and oxygen atoms in total. The van der Waals surface area contributed by atoms with Gasteiger partial charge in [0.05, 0.1) is 11.1 Å². The summed E-state index contributed by atoms with van der Waals surface area (Å²) in [7, 11) is 0. The van der Waals surface area contributed by atoms with Crippen molar-refractivity contribution < 1.29 is 4.79 Å². The molecule has 1 aromatic carbocycles. The first-order valence-corrected chi connectivity index (χ1v) is 7.51. The Kier molecular flexibility index (Phi) is 7.26. The van der Waals surface area contributed by atoms with E-state index < -0.39 is 0 Å². The maximum absolute atomic E-state index is 12.5. The van der Waals surface area contributed by atoms with Crippen LogP contribution in [-0.4, -0.2) is 30.5 Å². The van der Waals surface area contributed by atoms with Gasteiger partial charge in [-0.1, -0.05) is 25.1 Å². The van der Waals surface area contributed by atoms with Gasteiger partial charge in [-0.15, -0.1) is 24.8 Å². The fourth-order valence-corrected chi connectivity index (χ4v) is 2.95. The molecule has 1 aromatic heterocycles. The standard InChI is InChI=1S/C17H21N3O.2ClH/c1-17(8-4-9-18-11-17)12-20-16(21)14-7-2-5-13-6-3-10-19-15(13)14;;/h2-3,5-7,10,18H,4,8-9,11-12H2,1H3,(H,20,21);2*1H. The van der Waals surface area contributed by atoms with Crippen LogP contribution in [0.2, 0.25) is 0 Å². The van der Waals surface area contributed by atoms with Crippen LogP contribution in [0.3, 0.4) is 0 Å². The number of benzene rings is 1. The number of amides is 1. The van der Waals surface area contributed by atoms with E-state index in [0.717, 1.165) is 30.4 Å². The number of para-hydroxylation sites is 1.